The molecule has 87 heavy (non-hydrogen) atoms. The van der Waals surface area contributed by atoms with Crippen LogP contribution in [0, 0.1) is 11.3 Å². The van der Waals surface area contributed by atoms with Crippen LogP contribution in [0.2, 0.25) is 0 Å². The first-order valence-electron chi connectivity index (χ1n) is 32.3. The molecule has 2 aromatic heterocycles. The van der Waals surface area contributed by atoms with Gasteiger partial charge in [0.05, 0.1) is 11.4 Å². The standard InChI is InChI=1S/C80H79B2N3S2/c1-75(2,3)44-25-31-48(32-26-44)83-64-43-65-69-72-68(64)81(73-70(83)54-39-52-50-21-17-19-23-56(50)79(13,14)58(52)41-66(54)86-73)60-37-46(77(7,8)9)29-35-62(60)85(72)63-36-30-47(78(10,11)12)38-61(63)82(69)74-71(84(65)49-33-27-45(28-34-49)76(4,5)6)55-40-53-51-22-18-20-24-57(51)80(15,16)59(53)42-67(55)87-74/h17-19,21-23,25-41,43,59H,20,24,42H2,1-16H3/t59-/m0/s1. The van der Waals surface area contributed by atoms with Crippen LogP contribution in [0.15, 0.2) is 156 Å². The van der Waals surface area contributed by atoms with Gasteiger partial charge in [-0.2, -0.15) is 11.3 Å². The lowest BCUT2D eigenvalue weighted by molar-refractivity contribution is 0.320. The summed E-state index contributed by atoms with van der Waals surface area (Å²) in [6.45, 7) is 38.4. The van der Waals surface area contributed by atoms with Crippen molar-refractivity contribution in [1.82, 2.24) is 0 Å². The van der Waals surface area contributed by atoms with Gasteiger partial charge in [0.25, 0.3) is 13.4 Å². The summed E-state index contributed by atoms with van der Waals surface area (Å²) in [7, 11) is 0. The van der Waals surface area contributed by atoms with Gasteiger partial charge in [-0.15, -0.1) is 11.3 Å². The van der Waals surface area contributed by atoms with E-state index >= 15 is 0 Å². The number of hydrogen-bond donors (Lipinski definition) is 0. The number of thiophene rings is 2. The van der Waals surface area contributed by atoms with E-state index in [1.54, 1.807) is 11.1 Å². The monoisotopic (exact) mass is 1170 g/mol. The highest BCUT2D eigenvalue weighted by atomic mass is 32.1. The molecule has 0 N–H and O–H groups in total. The van der Waals surface area contributed by atoms with Gasteiger partial charge in [0.15, 0.2) is 0 Å². The lowest BCUT2D eigenvalue weighted by atomic mass is 9.31. The van der Waals surface area contributed by atoms with Crippen molar-refractivity contribution in [3.63, 3.8) is 0 Å². The summed E-state index contributed by atoms with van der Waals surface area (Å²) in [4.78, 5) is 9.84. The Morgan fingerprint density at radius 1 is 0.506 bits per heavy atom. The number of nitrogens with zero attached hydrogens (tertiary/aromatic N) is 3. The first kappa shape index (κ1) is 54.1. The summed E-state index contributed by atoms with van der Waals surface area (Å²) in [5.74, 6) is 0.443. The van der Waals surface area contributed by atoms with Crippen molar-refractivity contribution in [3.05, 3.63) is 200 Å². The van der Waals surface area contributed by atoms with E-state index < -0.39 is 0 Å². The average molecular weight is 1170 g/mol. The molecule has 0 spiro atoms. The van der Waals surface area contributed by atoms with Gasteiger partial charge in [0, 0.05) is 75.3 Å². The van der Waals surface area contributed by atoms with E-state index in [-0.39, 0.29) is 45.9 Å². The van der Waals surface area contributed by atoms with Crippen LogP contribution in [-0.2, 0) is 33.5 Å². The number of allylic oxidation sites excluding steroid dienone is 5. The van der Waals surface area contributed by atoms with Crippen molar-refractivity contribution in [3.8, 4) is 11.1 Å². The first-order chi connectivity index (χ1) is 41.2. The van der Waals surface area contributed by atoms with E-state index in [0.717, 1.165) is 19.3 Å². The van der Waals surface area contributed by atoms with Crippen LogP contribution in [0.1, 0.15) is 167 Å². The minimum atomic E-state index is -0.126. The van der Waals surface area contributed by atoms with Crippen molar-refractivity contribution in [2.45, 2.75) is 157 Å². The fourth-order valence-corrected chi connectivity index (χ4v) is 20.0. The van der Waals surface area contributed by atoms with Gasteiger partial charge < -0.3 is 14.7 Å². The maximum atomic E-state index is 2.78. The molecular weight excluding hydrogens is 1090 g/mol. The summed E-state index contributed by atoms with van der Waals surface area (Å²) in [5.41, 5.74) is 34.3. The highest BCUT2D eigenvalue weighted by molar-refractivity contribution is 7.34. The van der Waals surface area contributed by atoms with Gasteiger partial charge in [0.2, 0.25) is 0 Å². The van der Waals surface area contributed by atoms with Crippen molar-refractivity contribution in [2.75, 3.05) is 14.7 Å². The Balaban J connectivity index is 1.03. The van der Waals surface area contributed by atoms with Gasteiger partial charge in [0.1, 0.15) is 0 Å². The molecule has 432 valence electrons. The van der Waals surface area contributed by atoms with E-state index in [1.165, 1.54) is 153 Å². The molecule has 8 aliphatic rings. The van der Waals surface area contributed by atoms with Gasteiger partial charge in [-0.05, 0) is 190 Å². The highest BCUT2D eigenvalue weighted by Gasteiger charge is 2.55. The minimum absolute atomic E-state index is 0.000104. The normalized spacial score (nSPS) is 18.6. The zero-order valence-corrected chi connectivity index (χ0v) is 55.5. The minimum Gasteiger partial charge on any atom is -0.312 e. The Kier molecular flexibility index (Phi) is 10.8. The molecule has 4 aliphatic carbocycles. The van der Waals surface area contributed by atoms with Gasteiger partial charge >= 0.3 is 0 Å². The van der Waals surface area contributed by atoms with E-state index in [1.807, 2.05) is 0 Å². The Bertz CT molecular complexity index is 4660. The molecule has 0 bridgehead atoms. The Hall–Kier alpha value is -7.05. The van der Waals surface area contributed by atoms with E-state index in [4.69, 9.17) is 0 Å². The third-order valence-corrected chi connectivity index (χ3v) is 24.6. The van der Waals surface area contributed by atoms with Crippen molar-refractivity contribution in [2.24, 2.45) is 11.3 Å². The zero-order valence-electron chi connectivity index (χ0n) is 53.9. The number of hydrogen-bond acceptors (Lipinski definition) is 5. The molecule has 0 radical (unpaired) electrons. The van der Waals surface area contributed by atoms with Crippen LogP contribution < -0.4 is 46.1 Å². The molecule has 1 atom stereocenters. The molecule has 0 unspecified atom stereocenters. The smallest absolute Gasteiger partial charge is 0.264 e. The molecule has 0 fully saturated rings. The number of benzene rings is 7. The average Bonchev–Trinajstić information content (AvgIpc) is 1.37. The second-order valence-electron chi connectivity index (χ2n) is 32.0. The summed E-state index contributed by atoms with van der Waals surface area (Å²) < 4.78 is 4.28. The SMILES string of the molecule is CC(C)(C)c1ccc(N2c3cc4c5c6c3B(c3cc(C(C)(C)C)ccc3N6c3ccc(C(C)(C)C)cc3B5c3sc5cc6c(cc5c3N4c3ccc(C(C)(C)C)cc3)-c3ccccc3C6(C)C)c3sc4c(c32)C=C2C3=C(CCC=C3)C(C)(C)[C@H]2C4)cc1. The van der Waals surface area contributed by atoms with Crippen LogP contribution in [0.3, 0.4) is 0 Å². The predicted octanol–water partition coefficient (Wildman–Crippen LogP) is 18.4. The summed E-state index contributed by atoms with van der Waals surface area (Å²) in [6.07, 6.45) is 11.0. The van der Waals surface area contributed by atoms with Crippen molar-refractivity contribution in [1.29, 1.82) is 0 Å². The molecular formula is C80H79B2N3S2. The molecule has 0 amide bonds. The molecule has 7 aromatic carbocycles. The predicted molar refractivity (Wildman–Crippen MR) is 380 cm³/mol. The van der Waals surface area contributed by atoms with Crippen LogP contribution in [-0.4, -0.2) is 13.4 Å². The number of anilines is 9. The largest absolute Gasteiger partial charge is 0.312 e. The molecule has 9 aromatic rings. The zero-order chi connectivity index (χ0) is 60.3. The molecule has 0 saturated carbocycles. The summed E-state index contributed by atoms with van der Waals surface area (Å²) >= 11 is 4.19. The fraction of sp³-hybridized carbons (Fsp3) is 0.325. The second-order valence-corrected chi connectivity index (χ2v) is 34.3. The van der Waals surface area contributed by atoms with Gasteiger partial charge in [-0.1, -0.05) is 201 Å². The van der Waals surface area contributed by atoms with Crippen LogP contribution in [0.5, 0.6) is 0 Å². The molecule has 3 nitrogen and oxygen atoms in total. The van der Waals surface area contributed by atoms with Crippen LogP contribution in [0.25, 0.3) is 27.3 Å². The van der Waals surface area contributed by atoms with Gasteiger partial charge in [-0.25, -0.2) is 0 Å². The topological polar surface area (TPSA) is 9.72 Å². The molecule has 4 aliphatic heterocycles. The van der Waals surface area contributed by atoms with E-state index in [2.05, 4.69) is 294 Å². The van der Waals surface area contributed by atoms with E-state index in [9.17, 15) is 0 Å². The lowest BCUT2D eigenvalue weighted by Crippen LogP contribution is -2.68. The van der Waals surface area contributed by atoms with E-state index in [0.29, 0.717) is 5.92 Å². The maximum Gasteiger partial charge on any atom is 0.264 e. The second kappa shape index (κ2) is 17.4. The quantitative estimate of drug-likeness (QED) is 0.160. The van der Waals surface area contributed by atoms with Crippen molar-refractivity contribution >= 4 is 135 Å². The summed E-state index contributed by atoms with van der Waals surface area (Å²) in [6, 6.07) is 51.9. The Morgan fingerprint density at radius 3 is 1.62 bits per heavy atom. The highest BCUT2D eigenvalue weighted by Crippen LogP contribution is 2.61. The molecule has 17 rings (SSSR count). The fourth-order valence-electron chi connectivity index (χ4n) is 17.2. The summed E-state index contributed by atoms with van der Waals surface area (Å²) in [5, 5.41) is 1.34. The lowest BCUT2D eigenvalue weighted by Gasteiger charge is -2.50. The number of rotatable bonds is 2. The van der Waals surface area contributed by atoms with Crippen molar-refractivity contribution < 1.29 is 0 Å². The van der Waals surface area contributed by atoms with Crippen LogP contribution in [0.4, 0.5) is 51.2 Å². The van der Waals surface area contributed by atoms with Crippen LogP contribution >= 0.6 is 22.7 Å². The van der Waals surface area contributed by atoms with Gasteiger partial charge in [-0.3, -0.25) is 0 Å². The Morgan fingerprint density at radius 2 is 1.05 bits per heavy atom. The number of fused-ring (bicyclic) bond motifs is 19. The third kappa shape index (κ3) is 7.31. The molecule has 7 heteroatoms. The third-order valence-electron chi connectivity index (χ3n) is 22.1. The Labute approximate surface area is 525 Å². The maximum absolute atomic E-state index is 2.78. The molecule has 0 saturated heterocycles. The molecule has 6 heterocycles. The first-order valence-corrected chi connectivity index (χ1v) is 33.9.